The van der Waals surface area contributed by atoms with Gasteiger partial charge in [0.05, 0.1) is 6.61 Å². The fourth-order valence-corrected chi connectivity index (χ4v) is 5.19. The van der Waals surface area contributed by atoms with Gasteiger partial charge in [-0.1, -0.05) is 51.2 Å². The van der Waals surface area contributed by atoms with Crippen LogP contribution in [0, 0.1) is 12.3 Å². The van der Waals surface area contributed by atoms with Crippen molar-refractivity contribution >= 4 is 5.97 Å². The number of hydrogen-bond acceptors (Lipinski definition) is 3. The molecule has 3 rings (SSSR count). The average Bonchev–Trinajstić information content (AvgIpc) is 2.86. The highest BCUT2D eigenvalue weighted by Gasteiger charge is 2.27. The molecule has 0 aliphatic heterocycles. The van der Waals surface area contributed by atoms with E-state index in [1.54, 1.807) is 0 Å². The van der Waals surface area contributed by atoms with Crippen LogP contribution in [0.25, 0.3) is 0 Å². The zero-order valence-corrected chi connectivity index (χ0v) is 20.6. The summed E-state index contributed by atoms with van der Waals surface area (Å²) in [6.07, 6.45) is 16.2. The van der Waals surface area contributed by atoms with E-state index in [1.807, 2.05) is 0 Å². The summed E-state index contributed by atoms with van der Waals surface area (Å²) >= 11 is 0. The summed E-state index contributed by atoms with van der Waals surface area (Å²) in [5.74, 6) is 1.44. The Kier molecular flexibility index (Phi) is 11.5. The Balaban J connectivity index is 1.27. The zero-order chi connectivity index (χ0) is 23.3. The molecule has 0 saturated heterocycles. The van der Waals surface area contributed by atoms with Gasteiger partial charge < -0.3 is 9.47 Å². The van der Waals surface area contributed by atoms with Crippen LogP contribution in [0.1, 0.15) is 115 Å². The van der Waals surface area contributed by atoms with Crippen LogP contribution in [0.4, 0.5) is 4.39 Å². The van der Waals surface area contributed by atoms with Crippen molar-refractivity contribution < 1.29 is 18.7 Å². The Labute approximate surface area is 200 Å². The van der Waals surface area contributed by atoms with Gasteiger partial charge in [-0.05, 0) is 100 Å². The van der Waals surface area contributed by atoms with Gasteiger partial charge in [-0.15, -0.1) is 0 Å². The van der Waals surface area contributed by atoms with Crippen molar-refractivity contribution in [1.29, 1.82) is 0 Å². The standard InChI is InChI=1S/C29H44FO3/c1-2-3-4-5-6-10-13-28(30)29(31)33-27-18-14-23(15-19-27)22-32-26-20-16-25(17-21-26)24-11-8-7-9-12-24/h7,16-17,20-21,23-24,27-28H,2-6,8-15,18-19,22H2,1H3/t23-,27-,28-/m1/s1. The van der Waals surface area contributed by atoms with Crippen molar-refractivity contribution in [3.63, 3.8) is 0 Å². The van der Waals surface area contributed by atoms with Crippen molar-refractivity contribution in [3.05, 3.63) is 36.2 Å². The molecular weight excluding hydrogens is 415 g/mol. The third-order valence-electron chi connectivity index (χ3n) is 7.42. The first kappa shape index (κ1) is 26.0. The summed E-state index contributed by atoms with van der Waals surface area (Å²) in [5.41, 5.74) is 1.43. The van der Waals surface area contributed by atoms with Crippen molar-refractivity contribution in [2.45, 2.75) is 121 Å². The molecule has 1 aromatic rings. The fourth-order valence-electron chi connectivity index (χ4n) is 5.19. The topological polar surface area (TPSA) is 35.5 Å². The van der Waals surface area contributed by atoms with E-state index in [9.17, 15) is 9.18 Å². The Hall–Kier alpha value is -1.58. The largest absolute Gasteiger partial charge is 0.493 e. The predicted octanol–water partition coefficient (Wildman–Crippen LogP) is 8.12. The molecule has 185 valence electrons. The Morgan fingerprint density at radius 1 is 0.939 bits per heavy atom. The van der Waals surface area contributed by atoms with E-state index >= 15 is 0 Å². The van der Waals surface area contributed by atoms with Crippen LogP contribution < -0.4 is 4.74 Å². The number of esters is 1. The van der Waals surface area contributed by atoms with Gasteiger partial charge >= 0.3 is 5.97 Å². The molecule has 2 saturated carbocycles. The van der Waals surface area contributed by atoms with Crippen molar-refractivity contribution in [3.8, 4) is 5.75 Å². The molecule has 33 heavy (non-hydrogen) atoms. The maximum Gasteiger partial charge on any atom is 0.340 e. The number of ether oxygens (including phenoxy) is 2. The van der Waals surface area contributed by atoms with Crippen LogP contribution in [0.3, 0.4) is 0 Å². The maximum atomic E-state index is 14.2. The second kappa shape index (κ2) is 14.6. The van der Waals surface area contributed by atoms with Gasteiger partial charge in [0, 0.05) is 0 Å². The zero-order valence-electron chi connectivity index (χ0n) is 20.6. The summed E-state index contributed by atoms with van der Waals surface area (Å²) < 4.78 is 25.7. The van der Waals surface area contributed by atoms with Crippen molar-refractivity contribution in [2.75, 3.05) is 6.61 Å². The van der Waals surface area contributed by atoms with E-state index in [4.69, 9.17) is 9.47 Å². The molecule has 2 aliphatic carbocycles. The molecule has 0 spiro atoms. The molecule has 1 atom stereocenters. The summed E-state index contributed by atoms with van der Waals surface area (Å²) in [7, 11) is 0. The minimum absolute atomic E-state index is 0.136. The summed E-state index contributed by atoms with van der Waals surface area (Å²) in [6.45, 7) is 2.88. The van der Waals surface area contributed by atoms with Gasteiger partial charge in [-0.25, -0.2) is 9.18 Å². The molecule has 0 heterocycles. The number of carbonyl (C=O) groups excluding carboxylic acids is 1. The number of unbranched alkanes of at least 4 members (excludes halogenated alkanes) is 5. The highest BCUT2D eigenvalue weighted by Crippen LogP contribution is 2.33. The monoisotopic (exact) mass is 459 g/mol. The van der Waals surface area contributed by atoms with Gasteiger partial charge in [-0.3, -0.25) is 0 Å². The molecule has 1 radical (unpaired) electrons. The number of benzene rings is 1. The van der Waals surface area contributed by atoms with Gasteiger partial charge in [0.1, 0.15) is 11.9 Å². The predicted molar refractivity (Wildman–Crippen MR) is 132 cm³/mol. The first-order chi connectivity index (χ1) is 16.2. The number of hydrogen-bond donors (Lipinski definition) is 0. The van der Waals surface area contributed by atoms with Crippen LogP contribution in [-0.2, 0) is 9.53 Å². The number of carbonyl (C=O) groups is 1. The number of halogens is 1. The van der Waals surface area contributed by atoms with Crippen LogP contribution in [0.5, 0.6) is 5.75 Å². The van der Waals surface area contributed by atoms with Crippen LogP contribution >= 0.6 is 0 Å². The molecule has 0 unspecified atom stereocenters. The van der Waals surface area contributed by atoms with E-state index in [0.29, 0.717) is 24.9 Å². The lowest BCUT2D eigenvalue weighted by Crippen LogP contribution is -2.30. The molecule has 0 N–H and O–H groups in total. The van der Waals surface area contributed by atoms with Crippen LogP contribution in [0.15, 0.2) is 24.3 Å². The molecule has 2 fully saturated rings. The molecule has 1 aromatic carbocycles. The second-order valence-electron chi connectivity index (χ2n) is 10.1. The van der Waals surface area contributed by atoms with Gasteiger partial charge in [-0.2, -0.15) is 0 Å². The SMILES string of the molecule is CCCCCCCC[C@@H](F)C(=O)O[C@H]1CC[C@H](COc2ccc(C3CC[CH]CC3)cc2)CC1. The number of alkyl halides is 1. The first-order valence-electron chi connectivity index (χ1n) is 13.5. The maximum absolute atomic E-state index is 14.2. The highest BCUT2D eigenvalue weighted by molar-refractivity contribution is 5.74. The van der Waals surface area contributed by atoms with Crippen molar-refractivity contribution in [1.82, 2.24) is 0 Å². The lowest BCUT2D eigenvalue weighted by atomic mass is 9.84. The average molecular weight is 460 g/mol. The Morgan fingerprint density at radius 3 is 2.30 bits per heavy atom. The van der Waals surface area contributed by atoms with Crippen LogP contribution in [0.2, 0.25) is 0 Å². The Morgan fingerprint density at radius 2 is 1.61 bits per heavy atom. The molecular formula is C29H44FO3. The van der Waals surface area contributed by atoms with Crippen molar-refractivity contribution in [2.24, 2.45) is 5.92 Å². The lowest BCUT2D eigenvalue weighted by Gasteiger charge is -2.28. The summed E-state index contributed by atoms with van der Waals surface area (Å²) in [6, 6.07) is 8.65. The summed E-state index contributed by atoms with van der Waals surface area (Å²) in [5, 5.41) is 0. The van der Waals surface area contributed by atoms with E-state index in [0.717, 1.165) is 50.7 Å². The van der Waals surface area contributed by atoms with Gasteiger partial charge in [0.25, 0.3) is 0 Å². The molecule has 0 amide bonds. The van der Waals surface area contributed by atoms with Gasteiger partial charge in [0.15, 0.2) is 6.17 Å². The quantitative estimate of drug-likeness (QED) is 0.221. The third-order valence-corrected chi connectivity index (χ3v) is 7.42. The molecule has 0 bridgehead atoms. The minimum atomic E-state index is -1.47. The van der Waals surface area contributed by atoms with E-state index in [1.165, 1.54) is 50.5 Å². The second-order valence-corrected chi connectivity index (χ2v) is 10.1. The smallest absolute Gasteiger partial charge is 0.340 e. The van der Waals surface area contributed by atoms with E-state index < -0.39 is 12.1 Å². The normalized spacial score (nSPS) is 22.6. The lowest BCUT2D eigenvalue weighted by molar-refractivity contribution is -0.157. The van der Waals surface area contributed by atoms with E-state index in [-0.39, 0.29) is 6.10 Å². The molecule has 4 heteroatoms. The van der Waals surface area contributed by atoms with E-state index in [2.05, 4.69) is 37.6 Å². The molecule has 0 aromatic heterocycles. The summed E-state index contributed by atoms with van der Waals surface area (Å²) in [4.78, 5) is 12.1. The number of rotatable bonds is 13. The molecule has 3 nitrogen and oxygen atoms in total. The van der Waals surface area contributed by atoms with Gasteiger partial charge in [0.2, 0.25) is 0 Å². The fraction of sp³-hybridized carbons (Fsp3) is 0.724. The highest BCUT2D eigenvalue weighted by atomic mass is 19.1. The Bertz CT molecular complexity index is 660. The van der Waals surface area contributed by atoms with Crippen LogP contribution in [-0.4, -0.2) is 24.9 Å². The minimum Gasteiger partial charge on any atom is -0.493 e. The third kappa shape index (κ3) is 9.29. The molecule has 2 aliphatic rings. The first-order valence-corrected chi connectivity index (χ1v) is 13.5.